The summed E-state index contributed by atoms with van der Waals surface area (Å²) in [7, 11) is 1.75. The molecule has 0 bridgehead atoms. The minimum Gasteiger partial charge on any atom is -0.484 e. The van der Waals surface area contributed by atoms with Gasteiger partial charge in [-0.25, -0.2) is 4.79 Å². The van der Waals surface area contributed by atoms with Gasteiger partial charge in [-0.2, -0.15) is 4.98 Å². The van der Waals surface area contributed by atoms with E-state index in [9.17, 15) is 4.79 Å². The van der Waals surface area contributed by atoms with Crippen molar-refractivity contribution in [1.29, 1.82) is 0 Å². The van der Waals surface area contributed by atoms with Gasteiger partial charge in [0.05, 0.1) is 0 Å². The van der Waals surface area contributed by atoms with E-state index >= 15 is 0 Å². The highest BCUT2D eigenvalue weighted by atomic mass is 16.5. The van der Waals surface area contributed by atoms with E-state index < -0.39 is 0 Å². The third-order valence-electron chi connectivity index (χ3n) is 3.75. The summed E-state index contributed by atoms with van der Waals surface area (Å²) in [6.45, 7) is 5.55. The Balaban J connectivity index is 1.76. The number of nitrogens with zero attached hydrogens (tertiary/aromatic N) is 3. The molecule has 1 N–H and O–H groups in total. The monoisotopic (exact) mass is 346 g/mol. The number of amides is 2. The first-order chi connectivity index (χ1) is 12.1. The number of rotatable bonds is 9. The number of carbonyl (C=O) groups is 1. The summed E-state index contributed by atoms with van der Waals surface area (Å²) in [5.74, 6) is 1.76. The summed E-state index contributed by atoms with van der Waals surface area (Å²) < 4.78 is 10.8. The van der Waals surface area contributed by atoms with Crippen LogP contribution in [0.4, 0.5) is 4.79 Å². The molecule has 1 aromatic carbocycles. The zero-order chi connectivity index (χ0) is 18.1. The highest BCUT2D eigenvalue weighted by Gasteiger charge is 2.11. The number of aryl methyl sites for hydroxylation is 1. The lowest BCUT2D eigenvalue weighted by molar-refractivity contribution is 0.209. The molecular formula is C18H26N4O3. The summed E-state index contributed by atoms with van der Waals surface area (Å²) in [6.07, 6.45) is 2.44. The Bertz CT molecular complexity index is 655. The minimum absolute atomic E-state index is 0.0931. The molecule has 0 unspecified atom stereocenters. The van der Waals surface area contributed by atoms with Crippen molar-refractivity contribution in [3.05, 3.63) is 41.5 Å². The SMILES string of the molecule is CCCNC(=O)N(C)CCc1noc(COc2ccc(CC)cc2)n1. The Kier molecular flexibility index (Phi) is 7.25. The van der Waals surface area contributed by atoms with Gasteiger partial charge in [-0.15, -0.1) is 0 Å². The van der Waals surface area contributed by atoms with Crippen LogP contribution in [0.15, 0.2) is 28.8 Å². The zero-order valence-corrected chi connectivity index (χ0v) is 15.1. The molecule has 1 heterocycles. The van der Waals surface area contributed by atoms with Crippen LogP contribution in [0.1, 0.15) is 37.5 Å². The fraction of sp³-hybridized carbons (Fsp3) is 0.500. The van der Waals surface area contributed by atoms with Crippen molar-refractivity contribution in [2.45, 2.75) is 39.7 Å². The second kappa shape index (κ2) is 9.66. The van der Waals surface area contributed by atoms with Crippen LogP contribution in [-0.2, 0) is 19.4 Å². The first-order valence-corrected chi connectivity index (χ1v) is 8.64. The van der Waals surface area contributed by atoms with E-state index in [1.54, 1.807) is 11.9 Å². The van der Waals surface area contributed by atoms with Crippen LogP contribution in [0.25, 0.3) is 0 Å². The van der Waals surface area contributed by atoms with Crippen molar-refractivity contribution >= 4 is 6.03 Å². The maximum atomic E-state index is 11.8. The van der Waals surface area contributed by atoms with Crippen LogP contribution in [-0.4, -0.2) is 41.2 Å². The normalized spacial score (nSPS) is 10.5. The van der Waals surface area contributed by atoms with Crippen LogP contribution >= 0.6 is 0 Å². The molecule has 0 fully saturated rings. The minimum atomic E-state index is -0.0931. The largest absolute Gasteiger partial charge is 0.484 e. The van der Waals surface area contributed by atoms with Crippen molar-refractivity contribution in [2.24, 2.45) is 0 Å². The fourth-order valence-corrected chi connectivity index (χ4v) is 2.15. The Morgan fingerprint density at radius 2 is 2.04 bits per heavy atom. The van der Waals surface area contributed by atoms with Crippen molar-refractivity contribution in [2.75, 3.05) is 20.1 Å². The molecule has 0 aliphatic heterocycles. The van der Waals surface area contributed by atoms with E-state index in [-0.39, 0.29) is 12.6 Å². The third-order valence-corrected chi connectivity index (χ3v) is 3.75. The van der Waals surface area contributed by atoms with Crippen molar-refractivity contribution in [3.8, 4) is 5.75 Å². The molecule has 25 heavy (non-hydrogen) atoms. The maximum Gasteiger partial charge on any atom is 0.317 e. The highest BCUT2D eigenvalue weighted by Crippen LogP contribution is 2.14. The van der Waals surface area contributed by atoms with Gasteiger partial charge in [-0.05, 0) is 30.5 Å². The summed E-state index contributed by atoms with van der Waals surface area (Å²) >= 11 is 0. The molecule has 2 amide bonds. The van der Waals surface area contributed by atoms with Crippen molar-refractivity contribution < 1.29 is 14.1 Å². The van der Waals surface area contributed by atoms with Gasteiger partial charge in [0, 0.05) is 26.6 Å². The van der Waals surface area contributed by atoms with Crippen molar-refractivity contribution in [1.82, 2.24) is 20.4 Å². The Labute approximate surface area is 148 Å². The van der Waals surface area contributed by atoms with Gasteiger partial charge in [-0.1, -0.05) is 31.1 Å². The third kappa shape index (κ3) is 6.10. The van der Waals surface area contributed by atoms with E-state index in [4.69, 9.17) is 9.26 Å². The summed E-state index contributed by atoms with van der Waals surface area (Å²) in [6, 6.07) is 7.84. The molecule has 7 nitrogen and oxygen atoms in total. The second-order valence-corrected chi connectivity index (χ2v) is 5.79. The average Bonchev–Trinajstić information content (AvgIpc) is 3.10. The topological polar surface area (TPSA) is 80.5 Å². The average molecular weight is 346 g/mol. The predicted molar refractivity (Wildman–Crippen MR) is 94.5 cm³/mol. The standard InChI is InChI=1S/C18H26N4O3/c1-4-11-19-18(23)22(3)12-10-16-20-17(25-21-16)13-24-15-8-6-14(5-2)7-9-15/h6-9H,4-5,10-13H2,1-3H3,(H,19,23). The van der Waals surface area contributed by atoms with Gasteiger partial charge in [0.25, 0.3) is 5.89 Å². The van der Waals surface area contributed by atoms with Gasteiger partial charge >= 0.3 is 6.03 Å². The lowest BCUT2D eigenvalue weighted by Gasteiger charge is -2.16. The van der Waals surface area contributed by atoms with Gasteiger partial charge in [0.15, 0.2) is 12.4 Å². The number of urea groups is 1. The lowest BCUT2D eigenvalue weighted by Crippen LogP contribution is -2.38. The van der Waals surface area contributed by atoms with E-state index in [1.807, 2.05) is 31.2 Å². The first-order valence-electron chi connectivity index (χ1n) is 8.64. The number of carbonyl (C=O) groups excluding carboxylic acids is 1. The van der Waals surface area contributed by atoms with Crippen molar-refractivity contribution in [3.63, 3.8) is 0 Å². The number of ether oxygens (including phenoxy) is 1. The van der Waals surface area contributed by atoms with E-state index in [2.05, 4.69) is 22.4 Å². The Morgan fingerprint density at radius 1 is 1.28 bits per heavy atom. The molecule has 7 heteroatoms. The van der Waals surface area contributed by atoms with Gasteiger partial charge in [-0.3, -0.25) is 0 Å². The predicted octanol–water partition coefficient (Wildman–Crippen LogP) is 2.80. The smallest absolute Gasteiger partial charge is 0.317 e. The number of hydrogen-bond donors (Lipinski definition) is 1. The van der Waals surface area contributed by atoms with E-state index in [0.717, 1.165) is 18.6 Å². The molecule has 0 aliphatic rings. The molecule has 2 aromatic rings. The molecule has 136 valence electrons. The van der Waals surface area contributed by atoms with Crippen LogP contribution in [0.3, 0.4) is 0 Å². The van der Waals surface area contributed by atoms with E-state index in [1.165, 1.54) is 5.56 Å². The number of benzene rings is 1. The van der Waals surface area contributed by atoms with E-state index in [0.29, 0.717) is 31.2 Å². The zero-order valence-electron chi connectivity index (χ0n) is 15.1. The molecular weight excluding hydrogens is 320 g/mol. The molecule has 0 saturated heterocycles. The molecule has 2 rings (SSSR count). The molecule has 0 saturated carbocycles. The molecule has 0 radical (unpaired) electrons. The number of nitrogens with one attached hydrogen (secondary N) is 1. The number of hydrogen-bond acceptors (Lipinski definition) is 5. The second-order valence-electron chi connectivity index (χ2n) is 5.79. The first kappa shape index (κ1) is 18.8. The fourth-order valence-electron chi connectivity index (χ4n) is 2.15. The number of aromatic nitrogens is 2. The summed E-state index contributed by atoms with van der Waals surface area (Å²) in [5, 5.41) is 6.75. The summed E-state index contributed by atoms with van der Waals surface area (Å²) in [4.78, 5) is 17.7. The van der Waals surface area contributed by atoms with Crippen LogP contribution in [0.2, 0.25) is 0 Å². The maximum absolute atomic E-state index is 11.8. The quantitative estimate of drug-likeness (QED) is 0.755. The molecule has 0 spiro atoms. The Hall–Kier alpha value is -2.57. The van der Waals surface area contributed by atoms with Crippen LogP contribution < -0.4 is 10.1 Å². The molecule has 1 aromatic heterocycles. The highest BCUT2D eigenvalue weighted by molar-refractivity contribution is 5.73. The Morgan fingerprint density at radius 3 is 2.72 bits per heavy atom. The lowest BCUT2D eigenvalue weighted by atomic mass is 10.2. The van der Waals surface area contributed by atoms with Gasteiger partial charge < -0.3 is 19.5 Å². The summed E-state index contributed by atoms with van der Waals surface area (Å²) in [5.41, 5.74) is 1.26. The number of likely N-dealkylation sites (N-methyl/N-ethyl adjacent to an activating group) is 1. The van der Waals surface area contributed by atoms with Gasteiger partial charge in [0.1, 0.15) is 5.75 Å². The van der Waals surface area contributed by atoms with Crippen LogP contribution in [0, 0.1) is 0 Å². The van der Waals surface area contributed by atoms with Gasteiger partial charge in [0.2, 0.25) is 0 Å². The molecule has 0 atom stereocenters. The van der Waals surface area contributed by atoms with Crippen LogP contribution in [0.5, 0.6) is 5.75 Å². The molecule has 0 aliphatic carbocycles.